The number of unbranched alkanes of at least 4 members (excludes halogenated alkanes) is 22. The molecule has 0 aromatic heterocycles. The fourth-order valence-corrected chi connectivity index (χ4v) is 4.45. The van der Waals surface area contributed by atoms with E-state index in [1.165, 1.54) is 128 Å². The predicted molar refractivity (Wildman–Crippen MR) is 151 cm³/mol. The molecule has 0 unspecified atom stereocenters. The Morgan fingerprint density at radius 1 is 0.382 bits per heavy atom. The molecule has 4 heteroatoms. The van der Waals surface area contributed by atoms with Crippen LogP contribution in [0.15, 0.2) is 0 Å². The minimum atomic E-state index is -0.328. The van der Waals surface area contributed by atoms with Crippen LogP contribution in [0.4, 0.5) is 0 Å². The van der Waals surface area contributed by atoms with Crippen molar-refractivity contribution in [2.45, 2.75) is 181 Å². The van der Waals surface area contributed by atoms with Crippen LogP contribution in [-0.4, -0.2) is 49.7 Å². The summed E-state index contributed by atoms with van der Waals surface area (Å²) in [5, 5.41) is 0. The first kappa shape index (κ1) is 36.6. The summed E-state index contributed by atoms with van der Waals surface area (Å²) in [5.41, 5.74) is 0. The first-order valence-electron chi connectivity index (χ1n) is 14.9. The molecule has 0 aromatic carbocycles. The molecule has 0 aliphatic heterocycles. The van der Waals surface area contributed by atoms with Gasteiger partial charge in [0.25, 0.3) is 0 Å². The molecule has 0 amide bonds. The zero-order valence-electron chi connectivity index (χ0n) is 22.6. The van der Waals surface area contributed by atoms with E-state index in [9.17, 15) is 9.59 Å². The van der Waals surface area contributed by atoms with Crippen molar-refractivity contribution in [3.05, 3.63) is 0 Å². The summed E-state index contributed by atoms with van der Waals surface area (Å²) in [5.74, 6) is -0.656. The van der Waals surface area contributed by atoms with E-state index >= 15 is 0 Å². The summed E-state index contributed by atoms with van der Waals surface area (Å²) >= 11 is 0. The van der Waals surface area contributed by atoms with E-state index in [1.54, 1.807) is 0 Å². The Hall–Kier alpha value is 0.400. The Balaban J connectivity index is 0. The third-order valence-corrected chi connectivity index (χ3v) is 6.70. The summed E-state index contributed by atoms with van der Waals surface area (Å²) in [4.78, 5) is 23.6. The van der Waals surface area contributed by atoms with Gasteiger partial charge < -0.3 is 4.74 Å². The quantitative estimate of drug-likeness (QED) is 0.0506. The first-order valence-corrected chi connectivity index (χ1v) is 14.9. The Labute approximate surface area is 243 Å². The number of ether oxygens (including phenoxy) is 1. The molecule has 0 aliphatic rings. The topological polar surface area (TPSA) is 43.4 Å². The van der Waals surface area contributed by atoms with Crippen LogP contribution in [0.25, 0.3) is 0 Å². The van der Waals surface area contributed by atoms with E-state index in [4.69, 9.17) is 4.74 Å². The van der Waals surface area contributed by atoms with Gasteiger partial charge in [0.05, 0.1) is 0 Å². The number of hydrogen-bond donors (Lipinski definition) is 0. The molecule has 0 fully saturated rings. The van der Waals surface area contributed by atoms with Gasteiger partial charge in [0.15, 0.2) is 0 Å². The predicted octanol–water partition coefficient (Wildman–Crippen LogP) is 9.32. The van der Waals surface area contributed by atoms with Crippen LogP contribution in [0, 0.1) is 0 Å². The fraction of sp³-hybridized carbons (Fsp3) is 0.933. The van der Waals surface area contributed by atoms with E-state index in [0.29, 0.717) is 12.8 Å². The van der Waals surface area contributed by atoms with E-state index in [0.717, 1.165) is 25.7 Å². The zero-order chi connectivity index (χ0) is 24.2. The minimum absolute atomic E-state index is 0. The van der Waals surface area contributed by atoms with Crippen molar-refractivity contribution >= 4 is 49.7 Å². The number of esters is 2. The molecule has 0 saturated heterocycles. The maximum absolute atomic E-state index is 11.8. The van der Waals surface area contributed by atoms with Crippen molar-refractivity contribution in [1.29, 1.82) is 0 Å². The van der Waals surface area contributed by atoms with E-state index in [1.807, 2.05) is 0 Å². The molecule has 0 bridgehead atoms. The summed E-state index contributed by atoms with van der Waals surface area (Å²) in [6, 6.07) is 0. The Kier molecular flexibility index (Phi) is 33.8. The maximum atomic E-state index is 11.8. The number of hydrogen-bond acceptors (Lipinski definition) is 3. The number of carbonyl (C=O) groups is 2. The Bertz CT molecular complexity index is 425. The standard InChI is InChI=1S/C30H58O3.Ca.2H/c1-3-5-7-9-11-13-15-16-18-20-22-24-26-28-30(32)33-29(31)27-25-23-21-19-17-14-12-10-8-6-4-2;;;/h3-28H2,1-2H3;;;. The van der Waals surface area contributed by atoms with Gasteiger partial charge in [0, 0.05) is 12.8 Å². The second-order valence-electron chi connectivity index (χ2n) is 10.1. The molecule has 0 N–H and O–H groups in total. The first-order chi connectivity index (χ1) is 16.2. The van der Waals surface area contributed by atoms with Crippen LogP contribution in [0.2, 0.25) is 0 Å². The summed E-state index contributed by atoms with van der Waals surface area (Å²) in [7, 11) is 0. The summed E-state index contributed by atoms with van der Waals surface area (Å²) < 4.78 is 4.97. The van der Waals surface area contributed by atoms with E-state index < -0.39 is 0 Å². The SMILES string of the molecule is CCCCCCCCCCCCCCCC(=O)OC(=O)CCCCCCCCCCCCC.[CaH2]. The van der Waals surface area contributed by atoms with Gasteiger partial charge in [0.1, 0.15) is 0 Å². The van der Waals surface area contributed by atoms with Crippen molar-refractivity contribution in [1.82, 2.24) is 0 Å². The average molecular weight is 509 g/mol. The van der Waals surface area contributed by atoms with Crippen LogP contribution in [-0.2, 0) is 14.3 Å². The van der Waals surface area contributed by atoms with Gasteiger partial charge in [-0.1, -0.05) is 155 Å². The van der Waals surface area contributed by atoms with Crippen molar-refractivity contribution in [2.75, 3.05) is 0 Å². The molecular weight excluding hydrogens is 448 g/mol. The summed E-state index contributed by atoms with van der Waals surface area (Å²) in [6.07, 6.45) is 31.4. The van der Waals surface area contributed by atoms with Crippen molar-refractivity contribution in [2.24, 2.45) is 0 Å². The van der Waals surface area contributed by atoms with Crippen molar-refractivity contribution in [3.63, 3.8) is 0 Å². The van der Waals surface area contributed by atoms with Gasteiger partial charge in [-0.15, -0.1) is 0 Å². The molecule has 0 radical (unpaired) electrons. The van der Waals surface area contributed by atoms with Gasteiger partial charge in [-0.2, -0.15) is 0 Å². The van der Waals surface area contributed by atoms with Gasteiger partial charge in [-0.3, -0.25) is 9.59 Å². The molecule has 3 nitrogen and oxygen atoms in total. The third-order valence-electron chi connectivity index (χ3n) is 6.70. The molecular formula is C30H60CaO3. The van der Waals surface area contributed by atoms with Crippen LogP contribution in [0.3, 0.4) is 0 Å². The van der Waals surface area contributed by atoms with Crippen LogP contribution < -0.4 is 0 Å². The monoisotopic (exact) mass is 508 g/mol. The van der Waals surface area contributed by atoms with Crippen LogP contribution in [0.1, 0.15) is 181 Å². The van der Waals surface area contributed by atoms with Crippen molar-refractivity contribution < 1.29 is 14.3 Å². The van der Waals surface area contributed by atoms with Crippen LogP contribution in [0.5, 0.6) is 0 Å². The van der Waals surface area contributed by atoms with Gasteiger partial charge in [0.2, 0.25) is 0 Å². The Morgan fingerprint density at radius 2 is 0.588 bits per heavy atom. The van der Waals surface area contributed by atoms with Crippen LogP contribution >= 0.6 is 0 Å². The molecule has 0 heterocycles. The molecule has 200 valence electrons. The fourth-order valence-electron chi connectivity index (χ4n) is 4.45. The van der Waals surface area contributed by atoms with E-state index in [2.05, 4.69) is 13.8 Å². The molecule has 0 saturated carbocycles. The second kappa shape index (κ2) is 31.4. The Morgan fingerprint density at radius 3 is 0.824 bits per heavy atom. The molecule has 0 aliphatic carbocycles. The van der Waals surface area contributed by atoms with Gasteiger partial charge in [-0.25, -0.2) is 0 Å². The second-order valence-corrected chi connectivity index (χ2v) is 10.1. The molecule has 0 rings (SSSR count). The normalized spacial score (nSPS) is 10.8. The molecule has 0 aromatic rings. The third kappa shape index (κ3) is 30.4. The molecule has 34 heavy (non-hydrogen) atoms. The molecule has 0 atom stereocenters. The zero-order valence-corrected chi connectivity index (χ0v) is 22.6. The van der Waals surface area contributed by atoms with Crippen molar-refractivity contribution in [3.8, 4) is 0 Å². The number of carbonyl (C=O) groups excluding carboxylic acids is 2. The van der Waals surface area contributed by atoms with Gasteiger partial charge >= 0.3 is 49.7 Å². The van der Waals surface area contributed by atoms with E-state index in [-0.39, 0.29) is 49.7 Å². The van der Waals surface area contributed by atoms with Gasteiger partial charge in [-0.05, 0) is 12.8 Å². The summed E-state index contributed by atoms with van der Waals surface area (Å²) in [6.45, 7) is 4.52. The molecule has 0 spiro atoms. The number of rotatable bonds is 26. The average Bonchev–Trinajstić information content (AvgIpc) is 2.80.